The van der Waals surface area contributed by atoms with Gasteiger partial charge in [0, 0.05) is 12.4 Å². The average molecular weight is 682 g/mol. The zero-order valence-corrected chi connectivity index (χ0v) is 28.1. The molecule has 2 heterocycles. The summed E-state index contributed by atoms with van der Waals surface area (Å²) in [4.78, 5) is 41.2. The molecule has 0 unspecified atom stereocenters. The first-order chi connectivity index (χ1) is 23.9. The number of hydrogen-bond donors (Lipinski definition) is 2. The number of carbonyl (C=O) groups is 2. The third-order valence-electron chi connectivity index (χ3n) is 8.88. The Morgan fingerprint density at radius 3 is 1.57 bits per heavy atom. The molecule has 2 fully saturated rings. The largest absolute Gasteiger partial charge is 0.445 e. The maximum Gasteiger partial charge on any atom is 0.408 e. The molecule has 2 amide bonds. The third-order valence-corrected chi connectivity index (χ3v) is 9.07. The Balaban J connectivity index is 0.000000191. The number of alkyl carbamates (subject to hydrolysis) is 2. The van der Waals surface area contributed by atoms with E-state index in [-0.39, 0.29) is 24.3 Å². The van der Waals surface area contributed by atoms with Crippen molar-refractivity contribution in [3.63, 3.8) is 0 Å². The Hall–Kier alpha value is -5.08. The standard InChI is InChI=1S/C19H20N4O2.C18H20ClN3O2/c20-13-17-21-12-9-16(22-17)19(10-5-2-6-11-19)23-18(24)25-14-15-7-3-1-4-8-15;19-16-20-12-9-15(21-16)18(10-5-2-6-11-18)22-17(23)24-13-14-7-3-1-4-8-14/h1,3-4,7-9,12H,2,5-6,10-11,14H2,(H,23,24);1,3-4,7-9,12H,2,5-6,10-11,13H2,(H,22,23). The molecule has 12 heteroatoms. The van der Waals surface area contributed by atoms with Gasteiger partial charge in [0.25, 0.3) is 0 Å². The van der Waals surface area contributed by atoms with Crippen LogP contribution in [0.1, 0.15) is 92.5 Å². The molecule has 49 heavy (non-hydrogen) atoms. The Morgan fingerprint density at radius 1 is 0.673 bits per heavy atom. The number of halogens is 1. The van der Waals surface area contributed by atoms with Crippen molar-refractivity contribution in [2.24, 2.45) is 0 Å². The minimum absolute atomic E-state index is 0.113. The van der Waals surface area contributed by atoms with Crippen LogP contribution in [-0.4, -0.2) is 32.1 Å². The van der Waals surface area contributed by atoms with Crippen LogP contribution in [-0.2, 0) is 33.8 Å². The van der Waals surface area contributed by atoms with Crippen molar-refractivity contribution >= 4 is 23.8 Å². The predicted octanol–water partition coefficient (Wildman–Crippen LogP) is 7.65. The summed E-state index contributed by atoms with van der Waals surface area (Å²) in [7, 11) is 0. The Labute approximate surface area is 291 Å². The summed E-state index contributed by atoms with van der Waals surface area (Å²) in [6, 6.07) is 24.7. The molecular formula is C37H40ClN7O4. The van der Waals surface area contributed by atoms with Gasteiger partial charge < -0.3 is 20.1 Å². The van der Waals surface area contributed by atoms with Crippen LogP contribution < -0.4 is 10.6 Å². The van der Waals surface area contributed by atoms with Crippen molar-refractivity contribution in [2.45, 2.75) is 88.5 Å². The molecule has 0 bridgehead atoms. The maximum absolute atomic E-state index is 12.4. The van der Waals surface area contributed by atoms with Gasteiger partial charge in [-0.05, 0) is 60.5 Å². The number of ether oxygens (including phenoxy) is 2. The van der Waals surface area contributed by atoms with Crippen LogP contribution >= 0.6 is 11.6 Å². The molecule has 4 aromatic rings. The van der Waals surface area contributed by atoms with Crippen molar-refractivity contribution in [3.8, 4) is 6.07 Å². The fraction of sp³-hybridized carbons (Fsp3) is 0.378. The van der Waals surface area contributed by atoms with Crippen LogP contribution in [0.2, 0.25) is 5.28 Å². The second kappa shape index (κ2) is 17.4. The van der Waals surface area contributed by atoms with Gasteiger partial charge in [-0.25, -0.2) is 29.5 Å². The highest BCUT2D eigenvalue weighted by atomic mass is 35.5. The van der Waals surface area contributed by atoms with Crippen molar-refractivity contribution in [2.75, 3.05) is 0 Å². The normalized spacial score (nSPS) is 16.1. The van der Waals surface area contributed by atoms with E-state index in [4.69, 9.17) is 26.3 Å². The fourth-order valence-electron chi connectivity index (χ4n) is 6.39. The van der Waals surface area contributed by atoms with E-state index in [2.05, 4.69) is 30.6 Å². The number of rotatable bonds is 8. The maximum atomic E-state index is 12.4. The lowest BCUT2D eigenvalue weighted by molar-refractivity contribution is 0.115. The van der Waals surface area contributed by atoms with Gasteiger partial charge in [-0.3, -0.25) is 0 Å². The number of carbonyl (C=O) groups excluding carboxylic acids is 2. The molecule has 0 saturated heterocycles. The number of nitrogens with one attached hydrogen (secondary N) is 2. The van der Waals surface area contributed by atoms with Crippen molar-refractivity contribution in [1.29, 1.82) is 5.26 Å². The van der Waals surface area contributed by atoms with Gasteiger partial charge in [0.05, 0.1) is 22.5 Å². The first-order valence-electron chi connectivity index (χ1n) is 16.6. The number of nitrogens with zero attached hydrogens (tertiary/aromatic N) is 5. The molecule has 6 rings (SSSR count). The van der Waals surface area contributed by atoms with Gasteiger partial charge in [-0.1, -0.05) is 99.2 Å². The highest BCUT2D eigenvalue weighted by Gasteiger charge is 2.38. The second-order valence-corrected chi connectivity index (χ2v) is 12.6. The summed E-state index contributed by atoms with van der Waals surface area (Å²) in [6.07, 6.45) is 11.8. The van der Waals surface area contributed by atoms with Crippen LogP contribution in [0.4, 0.5) is 9.59 Å². The summed E-state index contributed by atoms with van der Waals surface area (Å²) >= 11 is 5.94. The predicted molar refractivity (Wildman–Crippen MR) is 183 cm³/mol. The third kappa shape index (κ3) is 9.97. The Morgan fingerprint density at radius 2 is 1.12 bits per heavy atom. The molecule has 2 aliphatic carbocycles. The first kappa shape index (κ1) is 35.2. The van der Waals surface area contributed by atoms with Crippen LogP contribution in [0, 0.1) is 11.3 Å². The number of benzene rings is 2. The Kier molecular flexibility index (Phi) is 12.5. The molecule has 11 nitrogen and oxygen atoms in total. The summed E-state index contributed by atoms with van der Waals surface area (Å²) in [5, 5.41) is 15.3. The van der Waals surface area contributed by atoms with Gasteiger partial charge in [-0.2, -0.15) is 5.26 Å². The van der Waals surface area contributed by atoms with E-state index in [9.17, 15) is 9.59 Å². The zero-order valence-electron chi connectivity index (χ0n) is 27.3. The van der Waals surface area contributed by atoms with Gasteiger partial charge in [-0.15, -0.1) is 0 Å². The van der Waals surface area contributed by atoms with E-state index >= 15 is 0 Å². The van der Waals surface area contributed by atoms with E-state index < -0.39 is 23.3 Å². The van der Waals surface area contributed by atoms with Gasteiger partial charge in [0.1, 0.15) is 19.3 Å². The molecule has 2 N–H and O–H groups in total. The van der Waals surface area contributed by atoms with E-state index in [1.54, 1.807) is 18.5 Å². The van der Waals surface area contributed by atoms with Crippen LogP contribution in [0.25, 0.3) is 0 Å². The zero-order chi connectivity index (χ0) is 34.4. The minimum atomic E-state index is -0.597. The lowest BCUT2D eigenvalue weighted by atomic mass is 9.79. The monoisotopic (exact) mass is 681 g/mol. The van der Waals surface area contributed by atoms with Crippen LogP contribution in [0.15, 0.2) is 85.2 Å². The van der Waals surface area contributed by atoms with Gasteiger partial charge >= 0.3 is 12.2 Å². The summed E-state index contributed by atoms with van der Waals surface area (Å²) in [6.45, 7) is 0.462. The van der Waals surface area contributed by atoms with Crippen LogP contribution in [0.3, 0.4) is 0 Å². The summed E-state index contributed by atoms with van der Waals surface area (Å²) in [5.41, 5.74) is 2.19. The SMILES string of the molecule is N#Cc1nccc(C2(NC(=O)OCc3ccccc3)CCCCC2)n1.O=C(NC1(c2ccnc(Cl)n2)CCCCC1)OCc1ccccc1. The number of aromatic nitrogens is 4. The molecule has 0 radical (unpaired) electrons. The van der Waals surface area contributed by atoms with E-state index in [1.165, 1.54) is 0 Å². The smallest absolute Gasteiger partial charge is 0.408 e. The molecule has 2 aromatic carbocycles. The number of hydrogen-bond acceptors (Lipinski definition) is 9. The highest BCUT2D eigenvalue weighted by molar-refractivity contribution is 6.28. The second-order valence-electron chi connectivity index (χ2n) is 12.2. The van der Waals surface area contributed by atoms with Gasteiger partial charge in [0.2, 0.25) is 11.1 Å². The van der Waals surface area contributed by atoms with E-state index in [0.29, 0.717) is 5.69 Å². The lowest BCUT2D eigenvalue weighted by Gasteiger charge is -2.37. The molecule has 0 aliphatic heterocycles. The first-order valence-corrected chi connectivity index (χ1v) is 17.0. The van der Waals surface area contributed by atoms with Crippen molar-refractivity contribution in [1.82, 2.24) is 30.6 Å². The number of nitriles is 1. The fourth-order valence-corrected chi connectivity index (χ4v) is 6.54. The number of amides is 2. The van der Waals surface area contributed by atoms with Crippen LogP contribution in [0.5, 0.6) is 0 Å². The molecule has 2 saturated carbocycles. The topological polar surface area (TPSA) is 152 Å². The summed E-state index contributed by atoms with van der Waals surface area (Å²) in [5.74, 6) is 0.113. The van der Waals surface area contributed by atoms with Gasteiger partial charge in [0.15, 0.2) is 0 Å². The van der Waals surface area contributed by atoms with E-state index in [0.717, 1.165) is 81.0 Å². The molecule has 0 spiro atoms. The minimum Gasteiger partial charge on any atom is -0.445 e. The van der Waals surface area contributed by atoms with E-state index in [1.807, 2.05) is 72.8 Å². The molecule has 0 atom stereocenters. The average Bonchev–Trinajstić information content (AvgIpc) is 3.15. The van der Waals surface area contributed by atoms with Crippen molar-refractivity contribution < 1.29 is 19.1 Å². The van der Waals surface area contributed by atoms with Crippen molar-refractivity contribution in [3.05, 3.63) is 119 Å². The molecule has 2 aromatic heterocycles. The quantitative estimate of drug-likeness (QED) is 0.179. The summed E-state index contributed by atoms with van der Waals surface area (Å²) < 4.78 is 10.8. The molecule has 254 valence electrons. The highest BCUT2D eigenvalue weighted by Crippen LogP contribution is 2.37. The molecular weight excluding hydrogens is 642 g/mol. The lowest BCUT2D eigenvalue weighted by Crippen LogP contribution is -2.48. The molecule has 2 aliphatic rings. The Bertz CT molecular complexity index is 1710.